The Hall–Kier alpha value is -3.63. The summed E-state index contributed by atoms with van der Waals surface area (Å²) < 4.78 is 33.7. The van der Waals surface area contributed by atoms with Crippen LogP contribution in [-0.4, -0.2) is 81.2 Å². The van der Waals surface area contributed by atoms with Gasteiger partial charge in [-0.3, -0.25) is 14.2 Å². The molecule has 332 valence electrons. The van der Waals surface area contributed by atoms with Gasteiger partial charge in [0.2, 0.25) is 0 Å². The highest BCUT2D eigenvalue weighted by Crippen LogP contribution is 2.38. The van der Waals surface area contributed by atoms with E-state index >= 15 is 0 Å². The molecule has 59 heavy (non-hydrogen) atoms. The van der Waals surface area contributed by atoms with Gasteiger partial charge in [0.25, 0.3) is 7.82 Å². The van der Waals surface area contributed by atoms with Crippen molar-refractivity contribution in [2.24, 2.45) is 0 Å². The number of hydrogen-bond acceptors (Lipinski definition) is 9. The lowest BCUT2D eigenvalue weighted by Crippen LogP contribution is -2.37. The van der Waals surface area contributed by atoms with Crippen LogP contribution in [0.2, 0.25) is 0 Å². The first kappa shape index (κ1) is 55.4. The van der Waals surface area contributed by atoms with E-state index in [1.54, 1.807) is 6.08 Å². The molecule has 11 heteroatoms. The van der Waals surface area contributed by atoms with Crippen molar-refractivity contribution in [2.45, 2.75) is 122 Å². The van der Waals surface area contributed by atoms with Gasteiger partial charge in [-0.2, -0.15) is 0 Å². The maximum Gasteiger partial charge on any atom is 0.306 e. The number of likely N-dealkylation sites (N-methyl/N-ethyl adjacent to an activating group) is 1. The second-order valence-electron chi connectivity index (χ2n) is 14.8. The van der Waals surface area contributed by atoms with Crippen molar-refractivity contribution in [1.82, 2.24) is 0 Å². The first-order valence-corrected chi connectivity index (χ1v) is 22.8. The number of rotatable bonds is 36. The third-order valence-corrected chi connectivity index (χ3v) is 9.10. The lowest BCUT2D eigenvalue weighted by molar-refractivity contribution is -0.870. The zero-order valence-corrected chi connectivity index (χ0v) is 37.6. The fourth-order valence-corrected chi connectivity index (χ4v) is 5.40. The van der Waals surface area contributed by atoms with Gasteiger partial charge < -0.3 is 33.0 Å². The van der Waals surface area contributed by atoms with Gasteiger partial charge in [0.05, 0.1) is 33.9 Å². The Morgan fingerprint density at radius 2 is 1.08 bits per heavy atom. The number of nitrogens with zero attached hydrogens (tertiary/aromatic N) is 1. The molecule has 0 aromatic rings. The molecule has 0 aliphatic heterocycles. The Kier molecular flexibility index (Phi) is 36.2. The summed E-state index contributed by atoms with van der Waals surface area (Å²) in [5.41, 5.74) is 0. The molecule has 0 heterocycles. The number of carbonyl (C=O) groups is 2. The van der Waals surface area contributed by atoms with Crippen LogP contribution < -0.4 is 4.89 Å². The minimum atomic E-state index is -4.67. The highest BCUT2D eigenvalue weighted by molar-refractivity contribution is 7.45. The molecule has 0 saturated carbocycles. The minimum absolute atomic E-state index is 0.0642. The van der Waals surface area contributed by atoms with Crippen molar-refractivity contribution in [3.63, 3.8) is 0 Å². The van der Waals surface area contributed by atoms with Gasteiger partial charge >= 0.3 is 11.9 Å². The molecule has 3 atom stereocenters. The second-order valence-corrected chi connectivity index (χ2v) is 16.2. The van der Waals surface area contributed by atoms with Crippen LogP contribution in [0.5, 0.6) is 0 Å². The van der Waals surface area contributed by atoms with Gasteiger partial charge in [0.1, 0.15) is 19.8 Å². The normalized spacial score (nSPS) is 15.3. The Morgan fingerprint density at radius 3 is 1.56 bits per heavy atom. The molecule has 10 nitrogen and oxygen atoms in total. The molecule has 0 aliphatic carbocycles. The summed E-state index contributed by atoms with van der Waals surface area (Å²) in [6, 6.07) is 0. The van der Waals surface area contributed by atoms with E-state index < -0.39 is 32.5 Å². The third-order valence-electron chi connectivity index (χ3n) is 8.13. The molecule has 1 unspecified atom stereocenters. The summed E-state index contributed by atoms with van der Waals surface area (Å²) in [4.78, 5) is 37.5. The molecule has 1 N–H and O–H groups in total. The number of allylic oxidation sites excluding steroid dienone is 19. The average Bonchev–Trinajstić information content (AvgIpc) is 3.19. The van der Waals surface area contributed by atoms with Crippen LogP contribution in [0.3, 0.4) is 0 Å². The fourth-order valence-electron chi connectivity index (χ4n) is 4.67. The van der Waals surface area contributed by atoms with Gasteiger partial charge in [-0.15, -0.1) is 0 Å². The zero-order valence-electron chi connectivity index (χ0n) is 36.7. The largest absolute Gasteiger partial charge is 0.756 e. The number of aliphatic hydroxyl groups is 1. The van der Waals surface area contributed by atoms with Crippen LogP contribution in [0.25, 0.3) is 0 Å². The van der Waals surface area contributed by atoms with Gasteiger partial charge in [0.15, 0.2) is 6.10 Å². The number of ether oxygens (including phenoxy) is 2. The Labute approximate surface area is 357 Å². The van der Waals surface area contributed by atoms with Gasteiger partial charge in [-0.05, 0) is 83.5 Å². The maximum atomic E-state index is 12.6. The Morgan fingerprint density at radius 1 is 0.627 bits per heavy atom. The number of phosphoric acid groups is 1. The zero-order chi connectivity index (χ0) is 43.7. The summed E-state index contributed by atoms with van der Waals surface area (Å²) >= 11 is 0. The van der Waals surface area contributed by atoms with Crippen LogP contribution in [0.15, 0.2) is 122 Å². The third kappa shape index (κ3) is 42.3. The highest BCUT2D eigenvalue weighted by Gasteiger charge is 2.21. The molecule has 0 spiro atoms. The molecule has 0 radical (unpaired) electrons. The number of aliphatic hydroxyl groups excluding tert-OH is 1. The van der Waals surface area contributed by atoms with Crippen molar-refractivity contribution in [3.05, 3.63) is 122 Å². The number of quaternary nitrogens is 1. The lowest BCUT2D eigenvalue weighted by atomic mass is 10.2. The molecular weight excluding hydrogens is 766 g/mol. The molecule has 0 aliphatic rings. The maximum absolute atomic E-state index is 12.6. The highest BCUT2D eigenvalue weighted by atomic mass is 31.2. The number of carbonyl (C=O) groups excluding carboxylic acids is 2. The molecule has 0 rings (SSSR count). The Bertz CT molecular complexity index is 1430. The molecule has 0 amide bonds. The monoisotopic (exact) mass is 842 g/mol. The lowest BCUT2D eigenvalue weighted by Gasteiger charge is -2.28. The van der Waals surface area contributed by atoms with Gasteiger partial charge in [-0.1, -0.05) is 135 Å². The number of esters is 2. The minimum Gasteiger partial charge on any atom is -0.756 e. The first-order valence-electron chi connectivity index (χ1n) is 21.4. The topological polar surface area (TPSA) is 131 Å². The second kappa shape index (κ2) is 38.6. The van der Waals surface area contributed by atoms with E-state index in [9.17, 15) is 24.2 Å². The molecule has 0 aromatic heterocycles. The van der Waals surface area contributed by atoms with Crippen LogP contribution >= 0.6 is 7.82 Å². The number of phosphoric ester groups is 1. The average molecular weight is 842 g/mol. The molecule has 0 aromatic carbocycles. The van der Waals surface area contributed by atoms with Crippen molar-refractivity contribution in [3.8, 4) is 0 Å². The van der Waals surface area contributed by atoms with E-state index in [0.29, 0.717) is 43.1 Å². The summed E-state index contributed by atoms with van der Waals surface area (Å²) in [5.74, 6) is -1.01. The summed E-state index contributed by atoms with van der Waals surface area (Å²) in [5, 5.41) is 9.48. The quantitative estimate of drug-likeness (QED) is 0.0164. The van der Waals surface area contributed by atoms with Crippen LogP contribution in [0, 0.1) is 0 Å². The molecule has 0 saturated heterocycles. The van der Waals surface area contributed by atoms with Crippen molar-refractivity contribution in [1.29, 1.82) is 0 Å². The van der Waals surface area contributed by atoms with Crippen LogP contribution in [0.4, 0.5) is 0 Å². The van der Waals surface area contributed by atoms with Crippen molar-refractivity contribution in [2.75, 3.05) is 47.5 Å². The van der Waals surface area contributed by atoms with Crippen molar-refractivity contribution < 1.29 is 47.2 Å². The van der Waals surface area contributed by atoms with Gasteiger partial charge in [0, 0.05) is 12.8 Å². The number of hydrogen-bond donors (Lipinski definition) is 1. The van der Waals surface area contributed by atoms with E-state index in [4.69, 9.17) is 18.5 Å². The summed E-state index contributed by atoms with van der Waals surface area (Å²) in [6.07, 6.45) is 50.5. The van der Waals surface area contributed by atoms with Crippen LogP contribution in [-0.2, 0) is 32.7 Å². The van der Waals surface area contributed by atoms with Gasteiger partial charge in [-0.25, -0.2) is 0 Å². The standard InChI is InChI=1S/C48H76NO9P/c1-6-8-9-10-11-12-13-14-15-16-17-22-25-28-31-34-37-40-48(52)58-46(44-57-59(53,54)56-42-41-49(3,4)5)43-55-47(51)39-36-33-30-27-24-21-19-18-20-23-26-29-32-35-38-45(50)7-2/h8-9,11-12,14-15,17,19-23,27-32,35,38,45-46,50H,6-7,10,13,16,18,24-26,33-34,36-37,39-44H2,1-5H3/b9-8-,12-11-,15-14-,21-19-,22-17-,23-20-,30-27-,31-28-,32-29-,38-35+/t45-,46+/m0/s1. The predicted molar refractivity (Wildman–Crippen MR) is 241 cm³/mol. The van der Waals surface area contributed by atoms with E-state index in [2.05, 4.69) is 85.9 Å². The molecule has 0 bridgehead atoms. The summed E-state index contributed by atoms with van der Waals surface area (Å²) in [6.45, 7) is 3.59. The molecular formula is C48H76NO9P. The SMILES string of the molecule is CC/C=C\C/C=C\C/C=C\C/C=C\C/C=C\CCCC(=O)O[C@H](COC(=O)CCC/C=C\C/C=C\C/C=C\C/C=C\C=C\[C@@H](O)CC)COP(=O)([O-])OCC[N+](C)(C)C. The number of unbranched alkanes of at least 4 members (excludes halogenated alkanes) is 2. The smallest absolute Gasteiger partial charge is 0.306 e. The van der Waals surface area contributed by atoms with Crippen molar-refractivity contribution >= 4 is 19.8 Å². The predicted octanol–water partition coefficient (Wildman–Crippen LogP) is 10.5. The van der Waals surface area contributed by atoms with E-state index in [0.717, 1.165) is 51.4 Å². The van der Waals surface area contributed by atoms with E-state index in [-0.39, 0.29) is 32.2 Å². The Balaban J connectivity index is 4.62. The first-order chi connectivity index (χ1) is 28.4. The fraction of sp³-hybridized carbons (Fsp3) is 0.542. The molecule has 0 fully saturated rings. The van der Waals surface area contributed by atoms with E-state index in [1.807, 2.05) is 64.5 Å². The summed E-state index contributed by atoms with van der Waals surface area (Å²) in [7, 11) is 1.05. The van der Waals surface area contributed by atoms with Crippen LogP contribution in [0.1, 0.15) is 110 Å². The van der Waals surface area contributed by atoms with E-state index in [1.165, 1.54) is 0 Å².